The van der Waals surface area contributed by atoms with E-state index in [9.17, 15) is 14.4 Å². The van der Waals surface area contributed by atoms with Crippen molar-refractivity contribution in [2.45, 2.75) is 23.5 Å². The molecule has 10 heteroatoms. The molecule has 0 radical (unpaired) electrons. The average molecular weight is 624 g/mol. The predicted octanol–water partition coefficient (Wildman–Crippen LogP) is 6.39. The minimum atomic E-state index is -0.499. The zero-order valence-electron chi connectivity index (χ0n) is 24.9. The highest BCUT2D eigenvalue weighted by molar-refractivity contribution is 8.00. The van der Waals surface area contributed by atoms with Gasteiger partial charge in [0.1, 0.15) is 24.7 Å². The second kappa shape index (κ2) is 15.0. The van der Waals surface area contributed by atoms with Crippen molar-refractivity contribution in [2.24, 2.45) is 0 Å². The van der Waals surface area contributed by atoms with Gasteiger partial charge in [0.05, 0.1) is 12.4 Å². The normalized spacial score (nSPS) is 12.9. The number of rotatable bonds is 11. The van der Waals surface area contributed by atoms with Gasteiger partial charge in [0.25, 0.3) is 11.8 Å². The number of hydrogen-bond donors (Lipinski definition) is 3. The lowest BCUT2D eigenvalue weighted by atomic mass is 10.1. The van der Waals surface area contributed by atoms with Gasteiger partial charge in [-0.05, 0) is 72.7 Å². The molecule has 1 atom stereocenters. The summed E-state index contributed by atoms with van der Waals surface area (Å²) in [6.45, 7) is 2.90. The molecule has 0 bridgehead atoms. The summed E-state index contributed by atoms with van der Waals surface area (Å²) in [6.07, 6.45) is 2.18. The predicted molar refractivity (Wildman–Crippen MR) is 176 cm³/mol. The van der Waals surface area contributed by atoms with Gasteiger partial charge in [-0.3, -0.25) is 14.4 Å². The lowest BCUT2D eigenvalue weighted by Gasteiger charge is -2.20. The van der Waals surface area contributed by atoms with Crippen molar-refractivity contribution in [1.82, 2.24) is 5.32 Å². The van der Waals surface area contributed by atoms with E-state index in [1.165, 1.54) is 11.8 Å². The van der Waals surface area contributed by atoms with Crippen LogP contribution in [0.2, 0.25) is 0 Å². The highest BCUT2D eigenvalue weighted by atomic mass is 32.2. The Morgan fingerprint density at radius 3 is 2.31 bits per heavy atom. The Hall–Kier alpha value is -5.22. The summed E-state index contributed by atoms with van der Waals surface area (Å²) in [5, 5.41) is 8.21. The van der Waals surface area contributed by atoms with Crippen LogP contribution < -0.4 is 30.2 Å². The van der Waals surface area contributed by atoms with E-state index < -0.39 is 11.8 Å². The van der Waals surface area contributed by atoms with Crippen LogP contribution in [0.15, 0.2) is 108 Å². The molecule has 4 aromatic carbocycles. The molecule has 0 aromatic heterocycles. The number of carbonyl (C=O) groups is 3. The van der Waals surface area contributed by atoms with E-state index >= 15 is 0 Å². The van der Waals surface area contributed by atoms with Crippen molar-refractivity contribution in [3.05, 3.63) is 114 Å². The van der Waals surface area contributed by atoms with E-state index in [0.717, 1.165) is 4.90 Å². The van der Waals surface area contributed by atoms with Crippen LogP contribution >= 0.6 is 11.8 Å². The summed E-state index contributed by atoms with van der Waals surface area (Å²) in [6, 6.07) is 28.4. The molecule has 3 N–H and O–H groups in total. The lowest BCUT2D eigenvalue weighted by Crippen LogP contribution is -2.30. The van der Waals surface area contributed by atoms with Crippen LogP contribution in [0.4, 0.5) is 11.4 Å². The molecule has 4 aromatic rings. The van der Waals surface area contributed by atoms with Crippen molar-refractivity contribution in [3.8, 4) is 17.2 Å². The van der Waals surface area contributed by atoms with Crippen LogP contribution in [0.25, 0.3) is 6.08 Å². The molecular weight excluding hydrogens is 590 g/mol. The molecule has 0 aliphatic carbocycles. The second-order valence-electron chi connectivity index (χ2n) is 10.00. The van der Waals surface area contributed by atoms with Crippen molar-refractivity contribution in [1.29, 1.82) is 0 Å². The fourth-order valence-electron chi connectivity index (χ4n) is 4.49. The fraction of sp³-hybridized carbons (Fsp3) is 0.171. The van der Waals surface area contributed by atoms with Gasteiger partial charge in [-0.25, -0.2) is 0 Å². The van der Waals surface area contributed by atoms with Crippen LogP contribution in [-0.4, -0.2) is 43.3 Å². The Balaban J connectivity index is 1.29. The number of amides is 3. The molecule has 0 spiro atoms. The van der Waals surface area contributed by atoms with Gasteiger partial charge in [0.2, 0.25) is 5.91 Å². The molecule has 0 saturated heterocycles. The minimum absolute atomic E-state index is 0.0670. The number of nitrogens with one attached hydrogen (secondary N) is 3. The fourth-order valence-corrected chi connectivity index (χ4v) is 5.50. The maximum Gasteiger partial charge on any atom is 0.272 e. The second-order valence-corrected chi connectivity index (χ2v) is 11.3. The van der Waals surface area contributed by atoms with Gasteiger partial charge in [-0.2, -0.15) is 0 Å². The number of hydrogen-bond acceptors (Lipinski definition) is 7. The molecule has 1 heterocycles. The summed E-state index contributed by atoms with van der Waals surface area (Å²) >= 11 is 1.39. The summed E-state index contributed by atoms with van der Waals surface area (Å²) in [4.78, 5) is 40.4. The third-order valence-electron chi connectivity index (χ3n) is 6.80. The standard InChI is InChI=1S/C35H33N3O6S/c1-3-32(35(41)37-26-14-17-30-31(22-26)44-19-18-43-30)45-28-11-7-10-25(21-28)36-34(40)29(20-23-12-15-27(42-2)16-13-23)38-33(39)24-8-5-4-6-9-24/h4-17,20-22,32H,3,18-19H2,1-2H3,(H,36,40)(H,37,41)(H,38,39)/b29-20+. The van der Waals surface area contributed by atoms with E-state index in [-0.39, 0.29) is 16.9 Å². The molecule has 1 aliphatic rings. The molecule has 0 saturated carbocycles. The number of carbonyl (C=O) groups excluding carboxylic acids is 3. The van der Waals surface area contributed by atoms with Crippen LogP contribution in [-0.2, 0) is 9.59 Å². The smallest absolute Gasteiger partial charge is 0.272 e. The van der Waals surface area contributed by atoms with Crippen molar-refractivity contribution < 1.29 is 28.6 Å². The van der Waals surface area contributed by atoms with Gasteiger partial charge >= 0.3 is 0 Å². The quantitative estimate of drug-likeness (QED) is 0.131. The summed E-state index contributed by atoms with van der Waals surface area (Å²) in [5.74, 6) is 0.864. The molecule has 9 nitrogen and oxygen atoms in total. The maximum absolute atomic E-state index is 13.5. The average Bonchev–Trinajstić information content (AvgIpc) is 3.07. The monoisotopic (exact) mass is 623 g/mol. The Bertz CT molecular complexity index is 1690. The van der Waals surface area contributed by atoms with Crippen LogP contribution in [0.5, 0.6) is 17.2 Å². The van der Waals surface area contributed by atoms with Gasteiger partial charge in [-0.1, -0.05) is 43.3 Å². The molecule has 1 unspecified atom stereocenters. The van der Waals surface area contributed by atoms with Crippen LogP contribution in [0, 0.1) is 0 Å². The summed E-state index contributed by atoms with van der Waals surface area (Å²) in [5.41, 5.74) is 2.33. The summed E-state index contributed by atoms with van der Waals surface area (Å²) in [7, 11) is 1.58. The SMILES string of the molecule is CCC(Sc1cccc(NC(=O)/C(=C\c2ccc(OC)cc2)NC(=O)c2ccccc2)c1)C(=O)Nc1ccc2c(c1)OCCO2. The van der Waals surface area contributed by atoms with Gasteiger partial charge in [-0.15, -0.1) is 11.8 Å². The first-order valence-corrected chi connectivity index (χ1v) is 15.3. The van der Waals surface area contributed by atoms with E-state index in [2.05, 4.69) is 16.0 Å². The molecule has 1 aliphatic heterocycles. The maximum atomic E-state index is 13.5. The number of methoxy groups -OCH3 is 1. The Morgan fingerprint density at radius 2 is 1.58 bits per heavy atom. The van der Waals surface area contributed by atoms with E-state index in [1.54, 1.807) is 98.1 Å². The van der Waals surface area contributed by atoms with E-state index in [1.807, 2.05) is 19.1 Å². The molecule has 5 rings (SSSR count). The van der Waals surface area contributed by atoms with Gasteiger partial charge in [0, 0.05) is 27.9 Å². The van der Waals surface area contributed by atoms with E-state index in [0.29, 0.717) is 59.4 Å². The highest BCUT2D eigenvalue weighted by Gasteiger charge is 2.21. The van der Waals surface area contributed by atoms with E-state index in [4.69, 9.17) is 14.2 Å². The zero-order chi connectivity index (χ0) is 31.6. The first kappa shape index (κ1) is 31.2. The molecule has 0 fully saturated rings. The number of fused-ring (bicyclic) bond motifs is 1. The third-order valence-corrected chi connectivity index (χ3v) is 8.16. The lowest BCUT2D eigenvalue weighted by molar-refractivity contribution is -0.116. The first-order valence-electron chi connectivity index (χ1n) is 14.4. The number of benzene rings is 4. The third kappa shape index (κ3) is 8.45. The molecular formula is C35H33N3O6S. The number of anilines is 2. The largest absolute Gasteiger partial charge is 0.497 e. The number of thioether (sulfide) groups is 1. The van der Waals surface area contributed by atoms with Crippen LogP contribution in [0.3, 0.4) is 0 Å². The summed E-state index contributed by atoms with van der Waals surface area (Å²) < 4.78 is 16.4. The van der Waals surface area contributed by atoms with Crippen molar-refractivity contribution in [3.63, 3.8) is 0 Å². The van der Waals surface area contributed by atoms with Crippen molar-refractivity contribution >= 4 is 46.9 Å². The molecule has 230 valence electrons. The Labute approximate surface area is 266 Å². The first-order chi connectivity index (χ1) is 21.9. The number of ether oxygens (including phenoxy) is 3. The highest BCUT2D eigenvalue weighted by Crippen LogP contribution is 2.34. The Kier molecular flexibility index (Phi) is 10.4. The molecule has 45 heavy (non-hydrogen) atoms. The van der Waals surface area contributed by atoms with Gasteiger partial charge in [0.15, 0.2) is 11.5 Å². The Morgan fingerprint density at radius 1 is 0.844 bits per heavy atom. The van der Waals surface area contributed by atoms with Gasteiger partial charge < -0.3 is 30.2 Å². The van der Waals surface area contributed by atoms with Crippen LogP contribution in [0.1, 0.15) is 29.3 Å². The van der Waals surface area contributed by atoms with Crippen molar-refractivity contribution in [2.75, 3.05) is 31.0 Å². The molecule has 3 amide bonds. The topological polar surface area (TPSA) is 115 Å². The minimum Gasteiger partial charge on any atom is -0.497 e. The zero-order valence-corrected chi connectivity index (χ0v) is 25.7.